The van der Waals surface area contributed by atoms with E-state index in [0.717, 1.165) is 20.9 Å². The third-order valence-corrected chi connectivity index (χ3v) is 4.12. The van der Waals surface area contributed by atoms with Crippen molar-refractivity contribution in [3.05, 3.63) is 40.0 Å². The first kappa shape index (κ1) is 14.8. The van der Waals surface area contributed by atoms with E-state index in [4.69, 9.17) is 4.74 Å². The lowest BCUT2D eigenvalue weighted by Gasteiger charge is -2.26. The van der Waals surface area contributed by atoms with Gasteiger partial charge in [-0.05, 0) is 24.3 Å². The van der Waals surface area contributed by atoms with E-state index in [-0.39, 0.29) is 11.5 Å². The van der Waals surface area contributed by atoms with Gasteiger partial charge in [0.25, 0.3) is 5.91 Å². The highest BCUT2D eigenvalue weighted by molar-refractivity contribution is 9.10. The normalized spacial score (nSPS) is 15.8. The van der Waals surface area contributed by atoms with E-state index >= 15 is 0 Å². The minimum Gasteiger partial charge on any atom is -0.378 e. The van der Waals surface area contributed by atoms with Crippen LogP contribution in [-0.2, 0) is 9.53 Å². The highest BCUT2D eigenvalue weighted by Gasteiger charge is 2.20. The second-order valence-corrected chi connectivity index (χ2v) is 5.92. The van der Waals surface area contributed by atoms with Crippen molar-refractivity contribution >= 4 is 38.8 Å². The zero-order valence-electron chi connectivity index (χ0n) is 11.8. The standard InChI is InChI=1S/C16H14BrN3O2/c17-13-1-2-15-14(8-13)12(10-19-15)7-11(9-18)16(21)20-3-5-22-6-4-20/h1-2,7-8,10,19H,3-6H2. The Kier molecular flexibility index (Phi) is 4.27. The zero-order chi connectivity index (χ0) is 15.5. The molecule has 3 rings (SSSR count). The van der Waals surface area contributed by atoms with Crippen molar-refractivity contribution in [2.24, 2.45) is 0 Å². The average molecular weight is 360 g/mol. The number of nitrogens with zero attached hydrogens (tertiary/aromatic N) is 2. The molecule has 22 heavy (non-hydrogen) atoms. The maximum Gasteiger partial charge on any atom is 0.264 e. The Bertz CT molecular complexity index is 782. The summed E-state index contributed by atoms with van der Waals surface area (Å²) in [5.41, 5.74) is 1.93. The molecule has 1 fully saturated rings. The third kappa shape index (κ3) is 2.91. The number of carbonyl (C=O) groups is 1. The van der Waals surface area contributed by atoms with Crippen molar-refractivity contribution < 1.29 is 9.53 Å². The highest BCUT2D eigenvalue weighted by atomic mass is 79.9. The van der Waals surface area contributed by atoms with E-state index in [1.54, 1.807) is 17.2 Å². The van der Waals surface area contributed by atoms with Crippen LogP contribution in [0.15, 0.2) is 34.4 Å². The fraction of sp³-hybridized carbons (Fsp3) is 0.250. The van der Waals surface area contributed by atoms with E-state index in [1.807, 2.05) is 24.3 Å². The highest BCUT2D eigenvalue weighted by Crippen LogP contribution is 2.24. The predicted octanol–water partition coefficient (Wildman–Crippen LogP) is 2.70. The maximum absolute atomic E-state index is 12.4. The number of hydrogen-bond acceptors (Lipinski definition) is 3. The summed E-state index contributed by atoms with van der Waals surface area (Å²) in [5, 5.41) is 10.3. The number of carbonyl (C=O) groups excluding carboxylic acids is 1. The van der Waals surface area contributed by atoms with Gasteiger partial charge in [0.15, 0.2) is 0 Å². The van der Waals surface area contributed by atoms with Gasteiger partial charge in [0.1, 0.15) is 11.6 Å². The largest absolute Gasteiger partial charge is 0.378 e. The minimum atomic E-state index is -0.241. The number of nitrogens with one attached hydrogen (secondary N) is 1. The van der Waals surface area contributed by atoms with E-state index in [2.05, 4.69) is 20.9 Å². The fourth-order valence-corrected chi connectivity index (χ4v) is 2.83. The Morgan fingerprint density at radius 2 is 2.18 bits per heavy atom. The van der Waals surface area contributed by atoms with Crippen LogP contribution in [0.2, 0.25) is 0 Å². The van der Waals surface area contributed by atoms with E-state index in [9.17, 15) is 10.1 Å². The summed E-state index contributed by atoms with van der Waals surface area (Å²) in [6.07, 6.45) is 3.45. The van der Waals surface area contributed by atoms with Crippen LogP contribution in [0, 0.1) is 11.3 Å². The molecular formula is C16H14BrN3O2. The number of ether oxygens (including phenoxy) is 1. The van der Waals surface area contributed by atoms with Crippen molar-refractivity contribution in [1.82, 2.24) is 9.88 Å². The molecule has 0 radical (unpaired) electrons. The molecule has 1 aliphatic heterocycles. The summed E-state index contributed by atoms with van der Waals surface area (Å²) in [6, 6.07) is 7.88. The van der Waals surface area contributed by atoms with Gasteiger partial charge in [-0.2, -0.15) is 5.26 Å². The number of aromatic nitrogens is 1. The molecule has 1 amide bonds. The summed E-state index contributed by atoms with van der Waals surface area (Å²) in [7, 11) is 0. The summed E-state index contributed by atoms with van der Waals surface area (Å²) < 4.78 is 6.18. The number of aromatic amines is 1. The molecule has 0 bridgehead atoms. The van der Waals surface area contributed by atoms with Crippen molar-refractivity contribution in [3.8, 4) is 6.07 Å². The molecule has 0 spiro atoms. The van der Waals surface area contributed by atoms with Crippen LogP contribution in [-0.4, -0.2) is 42.1 Å². The van der Waals surface area contributed by atoms with Crippen LogP contribution in [0.25, 0.3) is 17.0 Å². The van der Waals surface area contributed by atoms with Crippen LogP contribution in [0.3, 0.4) is 0 Å². The fourth-order valence-electron chi connectivity index (χ4n) is 2.47. The van der Waals surface area contributed by atoms with Gasteiger partial charge < -0.3 is 14.6 Å². The number of benzene rings is 1. The van der Waals surface area contributed by atoms with Gasteiger partial charge in [0.05, 0.1) is 13.2 Å². The molecule has 2 heterocycles. The Morgan fingerprint density at radius 1 is 1.41 bits per heavy atom. The van der Waals surface area contributed by atoms with Crippen LogP contribution in [0.4, 0.5) is 0 Å². The summed E-state index contributed by atoms with van der Waals surface area (Å²) in [4.78, 5) is 17.2. The number of H-pyrrole nitrogens is 1. The SMILES string of the molecule is N#CC(=Cc1c[nH]c2ccc(Br)cc12)C(=O)N1CCOCC1. The summed E-state index contributed by atoms with van der Waals surface area (Å²) >= 11 is 3.44. The lowest BCUT2D eigenvalue weighted by molar-refractivity contribution is -0.130. The van der Waals surface area contributed by atoms with Gasteiger partial charge in [0.2, 0.25) is 0 Å². The molecule has 1 saturated heterocycles. The summed E-state index contributed by atoms with van der Waals surface area (Å²) in [6.45, 7) is 2.09. The smallest absolute Gasteiger partial charge is 0.264 e. The van der Waals surface area contributed by atoms with Crippen LogP contribution >= 0.6 is 15.9 Å². The van der Waals surface area contributed by atoms with Gasteiger partial charge >= 0.3 is 0 Å². The molecule has 1 N–H and O–H groups in total. The second kappa shape index (κ2) is 6.34. The number of nitriles is 1. The molecule has 1 aliphatic rings. The molecule has 5 nitrogen and oxygen atoms in total. The second-order valence-electron chi connectivity index (χ2n) is 5.01. The van der Waals surface area contributed by atoms with Gasteiger partial charge in [0, 0.05) is 40.2 Å². The number of amides is 1. The van der Waals surface area contributed by atoms with Gasteiger partial charge in [-0.3, -0.25) is 4.79 Å². The molecule has 1 aromatic heterocycles. The first-order chi connectivity index (χ1) is 10.7. The molecule has 0 atom stereocenters. The molecule has 0 saturated carbocycles. The van der Waals surface area contributed by atoms with Crippen molar-refractivity contribution in [2.75, 3.05) is 26.3 Å². The molecule has 1 aromatic carbocycles. The Balaban J connectivity index is 1.94. The number of rotatable bonds is 2. The predicted molar refractivity (Wildman–Crippen MR) is 87.0 cm³/mol. The van der Waals surface area contributed by atoms with E-state index < -0.39 is 0 Å². The average Bonchev–Trinajstić information content (AvgIpc) is 2.95. The topological polar surface area (TPSA) is 69.1 Å². The molecule has 0 unspecified atom stereocenters. The van der Waals surface area contributed by atoms with Gasteiger partial charge in [-0.25, -0.2) is 0 Å². The molecule has 112 valence electrons. The van der Waals surface area contributed by atoms with E-state index in [1.165, 1.54) is 0 Å². The zero-order valence-corrected chi connectivity index (χ0v) is 13.4. The quantitative estimate of drug-likeness (QED) is 0.661. The first-order valence-electron chi connectivity index (χ1n) is 6.94. The first-order valence-corrected chi connectivity index (χ1v) is 7.74. The Morgan fingerprint density at radius 3 is 2.91 bits per heavy atom. The number of hydrogen-bond donors (Lipinski definition) is 1. The third-order valence-electron chi connectivity index (χ3n) is 3.62. The molecule has 2 aromatic rings. The Hall–Kier alpha value is -2.10. The van der Waals surface area contributed by atoms with Crippen LogP contribution in [0.5, 0.6) is 0 Å². The maximum atomic E-state index is 12.4. The summed E-state index contributed by atoms with van der Waals surface area (Å²) in [5.74, 6) is -0.241. The lowest BCUT2D eigenvalue weighted by atomic mass is 10.1. The van der Waals surface area contributed by atoms with Crippen LogP contribution < -0.4 is 0 Å². The molecule has 6 heteroatoms. The van der Waals surface area contributed by atoms with Gasteiger partial charge in [-0.15, -0.1) is 0 Å². The number of halogens is 1. The van der Waals surface area contributed by atoms with Crippen molar-refractivity contribution in [1.29, 1.82) is 5.26 Å². The Labute approximate surface area is 136 Å². The van der Waals surface area contributed by atoms with Gasteiger partial charge in [-0.1, -0.05) is 15.9 Å². The van der Waals surface area contributed by atoms with Crippen LogP contribution in [0.1, 0.15) is 5.56 Å². The lowest BCUT2D eigenvalue weighted by Crippen LogP contribution is -2.41. The minimum absolute atomic E-state index is 0.141. The monoisotopic (exact) mass is 359 g/mol. The molecular weight excluding hydrogens is 346 g/mol. The molecule has 0 aliphatic carbocycles. The van der Waals surface area contributed by atoms with E-state index in [0.29, 0.717) is 26.3 Å². The number of morpholine rings is 1. The number of fused-ring (bicyclic) bond motifs is 1. The van der Waals surface area contributed by atoms with Crippen molar-refractivity contribution in [3.63, 3.8) is 0 Å². The van der Waals surface area contributed by atoms with Crippen molar-refractivity contribution in [2.45, 2.75) is 0 Å².